The van der Waals surface area contributed by atoms with Gasteiger partial charge in [0.1, 0.15) is 5.75 Å². The Kier molecular flexibility index (Phi) is 8.71. The second-order valence-corrected chi connectivity index (χ2v) is 6.95. The third-order valence-electron chi connectivity index (χ3n) is 4.69. The predicted molar refractivity (Wildman–Crippen MR) is 107 cm³/mol. The van der Waals surface area contributed by atoms with Crippen LogP contribution in [0.3, 0.4) is 0 Å². The van der Waals surface area contributed by atoms with E-state index in [1.165, 1.54) is 5.56 Å². The Morgan fingerprint density at radius 3 is 2.77 bits per heavy atom. The molecule has 1 unspecified atom stereocenters. The maximum atomic E-state index is 5.40. The van der Waals surface area contributed by atoms with E-state index in [1.54, 1.807) is 7.11 Å². The van der Waals surface area contributed by atoms with E-state index in [-0.39, 0.29) is 0 Å². The Morgan fingerprint density at radius 2 is 2.08 bits per heavy atom. The largest absolute Gasteiger partial charge is 0.496 e. The minimum Gasteiger partial charge on any atom is -0.496 e. The Balaban J connectivity index is 1.68. The highest BCUT2D eigenvalue weighted by molar-refractivity contribution is 5.79. The quantitative estimate of drug-likeness (QED) is 0.544. The first-order valence-electron chi connectivity index (χ1n) is 9.50. The number of hydrogen-bond acceptors (Lipinski definition) is 4. The number of nitrogens with zero attached hydrogens (tertiary/aromatic N) is 2. The van der Waals surface area contributed by atoms with Crippen molar-refractivity contribution in [3.8, 4) is 5.75 Å². The smallest absolute Gasteiger partial charge is 0.190 e. The molecular weight excluding hydrogens is 328 g/mol. The number of aliphatic imine (C=N–C) groups is 1. The first-order chi connectivity index (χ1) is 12.6. The van der Waals surface area contributed by atoms with Crippen LogP contribution in [0, 0.1) is 12.8 Å². The molecule has 0 amide bonds. The minimum atomic E-state index is 0.563. The second-order valence-electron chi connectivity index (χ2n) is 6.95. The SMILES string of the molecule is CN=C(NCCc1ccc(C)c(OC)c1)NCC(C)CN1CCOCC1. The topological polar surface area (TPSA) is 58.1 Å². The molecule has 0 radical (unpaired) electrons. The van der Waals surface area contributed by atoms with Crippen molar-refractivity contribution in [2.24, 2.45) is 10.9 Å². The van der Waals surface area contributed by atoms with E-state index in [1.807, 2.05) is 7.05 Å². The lowest BCUT2D eigenvalue weighted by Crippen LogP contribution is -2.44. The zero-order chi connectivity index (χ0) is 18.8. The zero-order valence-electron chi connectivity index (χ0n) is 16.7. The normalized spacial score (nSPS) is 17.0. The molecule has 1 aliphatic heterocycles. The number of morpholine rings is 1. The van der Waals surface area contributed by atoms with Crippen molar-refractivity contribution in [2.45, 2.75) is 20.3 Å². The van der Waals surface area contributed by atoms with Gasteiger partial charge in [-0.15, -0.1) is 0 Å². The van der Waals surface area contributed by atoms with E-state index in [0.717, 1.165) is 69.6 Å². The van der Waals surface area contributed by atoms with Gasteiger partial charge < -0.3 is 20.1 Å². The van der Waals surface area contributed by atoms with Crippen molar-refractivity contribution in [1.82, 2.24) is 15.5 Å². The summed E-state index contributed by atoms with van der Waals surface area (Å²) in [5.41, 5.74) is 2.42. The van der Waals surface area contributed by atoms with Gasteiger partial charge in [-0.2, -0.15) is 0 Å². The van der Waals surface area contributed by atoms with Crippen LogP contribution in [-0.4, -0.2) is 71.0 Å². The molecule has 0 saturated carbocycles. The summed E-state index contributed by atoms with van der Waals surface area (Å²) in [6.07, 6.45) is 0.931. The van der Waals surface area contributed by atoms with Crippen molar-refractivity contribution >= 4 is 5.96 Å². The average molecular weight is 363 g/mol. The lowest BCUT2D eigenvalue weighted by Gasteiger charge is -2.29. The van der Waals surface area contributed by atoms with Gasteiger partial charge in [0.25, 0.3) is 0 Å². The highest BCUT2D eigenvalue weighted by Crippen LogP contribution is 2.18. The molecule has 6 nitrogen and oxygen atoms in total. The van der Waals surface area contributed by atoms with Crippen LogP contribution in [0.4, 0.5) is 0 Å². The number of benzene rings is 1. The molecule has 2 N–H and O–H groups in total. The standard InChI is InChI=1S/C20H34N4O2/c1-16(15-24-9-11-26-12-10-24)14-23-20(21-3)22-8-7-18-6-5-17(2)19(13-18)25-4/h5-6,13,16H,7-12,14-15H2,1-4H3,(H2,21,22,23). The molecule has 1 atom stereocenters. The molecule has 1 aromatic rings. The lowest BCUT2D eigenvalue weighted by molar-refractivity contribution is 0.0320. The van der Waals surface area contributed by atoms with Gasteiger partial charge in [0.15, 0.2) is 5.96 Å². The molecule has 1 heterocycles. The van der Waals surface area contributed by atoms with Gasteiger partial charge in [0.2, 0.25) is 0 Å². The van der Waals surface area contributed by atoms with E-state index < -0.39 is 0 Å². The second kappa shape index (κ2) is 11.0. The fourth-order valence-electron chi connectivity index (χ4n) is 3.13. The van der Waals surface area contributed by atoms with Crippen molar-refractivity contribution in [1.29, 1.82) is 0 Å². The van der Waals surface area contributed by atoms with Gasteiger partial charge in [0.05, 0.1) is 20.3 Å². The van der Waals surface area contributed by atoms with Crippen LogP contribution in [0.1, 0.15) is 18.1 Å². The summed E-state index contributed by atoms with van der Waals surface area (Å²) in [7, 11) is 3.53. The molecular formula is C20H34N4O2. The van der Waals surface area contributed by atoms with Gasteiger partial charge in [-0.3, -0.25) is 9.89 Å². The van der Waals surface area contributed by atoms with Crippen LogP contribution in [0.25, 0.3) is 0 Å². The van der Waals surface area contributed by atoms with Crippen molar-refractivity contribution in [2.75, 3.05) is 60.1 Å². The van der Waals surface area contributed by atoms with Crippen LogP contribution in [0.15, 0.2) is 23.2 Å². The van der Waals surface area contributed by atoms with Crippen molar-refractivity contribution < 1.29 is 9.47 Å². The number of guanidine groups is 1. The van der Waals surface area contributed by atoms with Crippen molar-refractivity contribution in [3.05, 3.63) is 29.3 Å². The Bertz CT molecular complexity index is 571. The summed E-state index contributed by atoms with van der Waals surface area (Å²) in [6.45, 7) is 11.0. The highest BCUT2D eigenvalue weighted by atomic mass is 16.5. The number of hydrogen-bond donors (Lipinski definition) is 2. The van der Waals surface area contributed by atoms with Crippen molar-refractivity contribution in [3.63, 3.8) is 0 Å². The number of aryl methyl sites for hydroxylation is 1. The molecule has 0 bridgehead atoms. The summed E-state index contributed by atoms with van der Waals surface area (Å²) in [4.78, 5) is 6.79. The lowest BCUT2D eigenvalue weighted by atomic mass is 10.1. The monoisotopic (exact) mass is 362 g/mol. The van der Waals surface area contributed by atoms with Crippen LogP contribution in [-0.2, 0) is 11.2 Å². The first kappa shape index (κ1) is 20.5. The summed E-state index contributed by atoms with van der Waals surface area (Å²) < 4.78 is 10.8. The summed E-state index contributed by atoms with van der Waals surface area (Å²) in [5, 5.41) is 6.83. The summed E-state index contributed by atoms with van der Waals surface area (Å²) in [6, 6.07) is 6.37. The maximum absolute atomic E-state index is 5.40. The zero-order valence-corrected chi connectivity index (χ0v) is 16.7. The Morgan fingerprint density at radius 1 is 1.31 bits per heavy atom. The van der Waals surface area contributed by atoms with Crippen LogP contribution in [0.2, 0.25) is 0 Å². The van der Waals surface area contributed by atoms with Gasteiger partial charge >= 0.3 is 0 Å². The number of ether oxygens (including phenoxy) is 2. The van der Waals surface area contributed by atoms with Gasteiger partial charge in [-0.05, 0) is 36.5 Å². The van der Waals surface area contributed by atoms with Gasteiger partial charge in [-0.1, -0.05) is 19.1 Å². The number of nitrogens with one attached hydrogen (secondary N) is 2. The fraction of sp³-hybridized carbons (Fsp3) is 0.650. The number of methoxy groups -OCH3 is 1. The van der Waals surface area contributed by atoms with E-state index in [9.17, 15) is 0 Å². The first-order valence-corrected chi connectivity index (χ1v) is 9.50. The number of rotatable bonds is 8. The summed E-state index contributed by atoms with van der Waals surface area (Å²) in [5.74, 6) is 2.37. The average Bonchev–Trinajstić information content (AvgIpc) is 2.66. The molecule has 1 aromatic carbocycles. The molecule has 0 spiro atoms. The molecule has 1 fully saturated rings. The van der Waals surface area contributed by atoms with E-state index >= 15 is 0 Å². The minimum absolute atomic E-state index is 0.563. The Hall–Kier alpha value is -1.79. The molecule has 0 aliphatic carbocycles. The van der Waals surface area contributed by atoms with E-state index in [2.05, 4.69) is 52.6 Å². The van der Waals surface area contributed by atoms with E-state index in [4.69, 9.17) is 9.47 Å². The highest BCUT2D eigenvalue weighted by Gasteiger charge is 2.13. The molecule has 2 rings (SSSR count). The van der Waals surface area contributed by atoms with Crippen LogP contribution >= 0.6 is 0 Å². The van der Waals surface area contributed by atoms with Gasteiger partial charge in [0, 0.05) is 39.8 Å². The van der Waals surface area contributed by atoms with Crippen LogP contribution in [0.5, 0.6) is 5.75 Å². The van der Waals surface area contributed by atoms with Gasteiger partial charge in [-0.25, -0.2) is 0 Å². The molecule has 26 heavy (non-hydrogen) atoms. The maximum Gasteiger partial charge on any atom is 0.190 e. The molecule has 146 valence electrons. The Labute approximate surface area is 158 Å². The molecule has 6 heteroatoms. The molecule has 1 saturated heterocycles. The predicted octanol–water partition coefficient (Wildman–Crippen LogP) is 1.68. The molecule has 1 aliphatic rings. The van der Waals surface area contributed by atoms with Crippen LogP contribution < -0.4 is 15.4 Å². The fourth-order valence-corrected chi connectivity index (χ4v) is 3.13. The third-order valence-corrected chi connectivity index (χ3v) is 4.69. The summed E-state index contributed by atoms with van der Waals surface area (Å²) >= 11 is 0. The molecule has 0 aromatic heterocycles. The van der Waals surface area contributed by atoms with E-state index in [0.29, 0.717) is 5.92 Å². The third kappa shape index (κ3) is 6.84.